The smallest absolute Gasteiger partial charge is 0.220 e. The summed E-state index contributed by atoms with van der Waals surface area (Å²) in [5, 5.41) is 3.13. The maximum absolute atomic E-state index is 11.6. The van der Waals surface area contributed by atoms with Crippen LogP contribution in [0, 0.1) is 0 Å². The van der Waals surface area contributed by atoms with Crippen molar-refractivity contribution < 1.29 is 4.79 Å². The van der Waals surface area contributed by atoms with E-state index in [0.717, 1.165) is 32.1 Å². The predicted octanol–water partition coefficient (Wildman–Crippen LogP) is 3.87. The van der Waals surface area contributed by atoms with Crippen LogP contribution in [0.4, 0.5) is 0 Å². The van der Waals surface area contributed by atoms with Gasteiger partial charge in [-0.15, -0.1) is 11.6 Å². The molecule has 0 aliphatic heterocycles. The van der Waals surface area contributed by atoms with Gasteiger partial charge in [0.05, 0.1) is 0 Å². The van der Waals surface area contributed by atoms with Crippen LogP contribution >= 0.6 is 11.6 Å². The Bertz CT molecular complexity index is 173. The zero-order valence-electron chi connectivity index (χ0n) is 10.7. The molecule has 3 heteroatoms. The van der Waals surface area contributed by atoms with Gasteiger partial charge in [-0.2, -0.15) is 0 Å². The third kappa shape index (κ3) is 9.02. The number of hydrogen-bond acceptors (Lipinski definition) is 1. The van der Waals surface area contributed by atoms with Gasteiger partial charge >= 0.3 is 0 Å². The summed E-state index contributed by atoms with van der Waals surface area (Å²) < 4.78 is 0. The largest absolute Gasteiger partial charge is 0.353 e. The van der Waals surface area contributed by atoms with Gasteiger partial charge in [0, 0.05) is 18.3 Å². The zero-order valence-corrected chi connectivity index (χ0v) is 11.5. The maximum atomic E-state index is 11.6. The van der Waals surface area contributed by atoms with Crippen molar-refractivity contribution in [2.24, 2.45) is 0 Å². The fourth-order valence-electron chi connectivity index (χ4n) is 1.77. The molecule has 0 aromatic carbocycles. The lowest BCUT2D eigenvalue weighted by molar-refractivity contribution is -0.122. The van der Waals surface area contributed by atoms with Crippen LogP contribution in [0.25, 0.3) is 0 Å². The average Bonchev–Trinajstić information content (AvgIpc) is 2.26. The Balaban J connectivity index is 3.73. The standard InChI is InChI=1S/C13H26ClNO/c1-3-5-9-12(8-4-2)15-13(16)10-6-7-11-14/h12H,3-11H2,1-2H3,(H,15,16). The number of unbranched alkanes of at least 4 members (excludes halogenated alkanes) is 2. The molecular weight excluding hydrogens is 222 g/mol. The average molecular weight is 248 g/mol. The van der Waals surface area contributed by atoms with E-state index in [-0.39, 0.29) is 5.91 Å². The third-order valence-corrected chi connectivity index (χ3v) is 2.96. The molecule has 1 N–H and O–H groups in total. The molecule has 1 atom stereocenters. The Morgan fingerprint density at radius 1 is 1.12 bits per heavy atom. The van der Waals surface area contributed by atoms with Gasteiger partial charge in [-0.3, -0.25) is 4.79 Å². The van der Waals surface area contributed by atoms with E-state index < -0.39 is 0 Å². The van der Waals surface area contributed by atoms with Crippen molar-refractivity contribution in [3.8, 4) is 0 Å². The molecule has 0 rings (SSSR count). The molecule has 0 aromatic heterocycles. The van der Waals surface area contributed by atoms with E-state index in [1.54, 1.807) is 0 Å². The first-order valence-corrected chi connectivity index (χ1v) is 7.13. The normalized spacial score (nSPS) is 12.4. The second-order valence-corrected chi connectivity index (χ2v) is 4.72. The van der Waals surface area contributed by atoms with Crippen molar-refractivity contribution in [2.45, 2.75) is 71.3 Å². The summed E-state index contributed by atoms with van der Waals surface area (Å²) in [4.78, 5) is 11.6. The lowest BCUT2D eigenvalue weighted by Crippen LogP contribution is -2.34. The summed E-state index contributed by atoms with van der Waals surface area (Å²) in [7, 11) is 0. The van der Waals surface area contributed by atoms with Crippen molar-refractivity contribution in [3.63, 3.8) is 0 Å². The van der Waals surface area contributed by atoms with Gasteiger partial charge in [0.15, 0.2) is 0 Å². The molecule has 1 amide bonds. The van der Waals surface area contributed by atoms with E-state index in [4.69, 9.17) is 11.6 Å². The molecule has 0 aliphatic carbocycles. The van der Waals surface area contributed by atoms with E-state index in [2.05, 4.69) is 19.2 Å². The molecule has 96 valence electrons. The minimum atomic E-state index is 0.194. The van der Waals surface area contributed by atoms with Crippen LogP contribution in [-0.4, -0.2) is 17.8 Å². The van der Waals surface area contributed by atoms with Crippen molar-refractivity contribution in [1.29, 1.82) is 0 Å². The van der Waals surface area contributed by atoms with Crippen LogP contribution in [0.3, 0.4) is 0 Å². The van der Waals surface area contributed by atoms with Crippen LogP contribution in [-0.2, 0) is 4.79 Å². The number of alkyl halides is 1. The topological polar surface area (TPSA) is 29.1 Å². The lowest BCUT2D eigenvalue weighted by Gasteiger charge is -2.17. The maximum Gasteiger partial charge on any atom is 0.220 e. The first-order valence-electron chi connectivity index (χ1n) is 6.59. The molecule has 0 heterocycles. The molecule has 0 fully saturated rings. The molecule has 0 bridgehead atoms. The highest BCUT2D eigenvalue weighted by atomic mass is 35.5. The highest BCUT2D eigenvalue weighted by molar-refractivity contribution is 6.17. The fraction of sp³-hybridized carbons (Fsp3) is 0.923. The lowest BCUT2D eigenvalue weighted by atomic mass is 10.0. The van der Waals surface area contributed by atoms with E-state index >= 15 is 0 Å². The summed E-state index contributed by atoms with van der Waals surface area (Å²) in [6, 6.07) is 0.383. The van der Waals surface area contributed by atoms with Gasteiger partial charge < -0.3 is 5.32 Å². The zero-order chi connectivity index (χ0) is 12.2. The number of carbonyl (C=O) groups is 1. The Kier molecular flexibility index (Phi) is 11.1. The number of nitrogens with one attached hydrogen (secondary N) is 1. The molecule has 0 spiro atoms. The minimum Gasteiger partial charge on any atom is -0.353 e. The molecule has 16 heavy (non-hydrogen) atoms. The number of halogens is 1. The molecule has 0 aliphatic rings. The van der Waals surface area contributed by atoms with E-state index in [1.807, 2.05) is 0 Å². The summed E-state index contributed by atoms with van der Waals surface area (Å²) >= 11 is 5.58. The van der Waals surface area contributed by atoms with Crippen LogP contribution in [0.5, 0.6) is 0 Å². The Labute approximate surface area is 105 Å². The highest BCUT2D eigenvalue weighted by Gasteiger charge is 2.10. The Morgan fingerprint density at radius 2 is 1.88 bits per heavy atom. The van der Waals surface area contributed by atoms with Crippen molar-refractivity contribution >= 4 is 17.5 Å². The van der Waals surface area contributed by atoms with Gasteiger partial charge in [-0.25, -0.2) is 0 Å². The van der Waals surface area contributed by atoms with Gasteiger partial charge in [-0.05, 0) is 25.7 Å². The second kappa shape index (κ2) is 11.3. The quantitative estimate of drug-likeness (QED) is 0.461. The van der Waals surface area contributed by atoms with Crippen molar-refractivity contribution in [3.05, 3.63) is 0 Å². The van der Waals surface area contributed by atoms with E-state index in [0.29, 0.717) is 18.3 Å². The fourth-order valence-corrected chi connectivity index (χ4v) is 1.96. The van der Waals surface area contributed by atoms with E-state index in [1.165, 1.54) is 12.8 Å². The summed E-state index contributed by atoms with van der Waals surface area (Å²) in [5.74, 6) is 0.848. The van der Waals surface area contributed by atoms with Crippen molar-refractivity contribution in [1.82, 2.24) is 5.32 Å². The highest BCUT2D eigenvalue weighted by Crippen LogP contribution is 2.07. The Hall–Kier alpha value is -0.240. The summed E-state index contributed by atoms with van der Waals surface area (Å²) in [5.41, 5.74) is 0. The number of amides is 1. The summed E-state index contributed by atoms with van der Waals surface area (Å²) in [6.07, 6.45) is 8.21. The molecule has 1 unspecified atom stereocenters. The molecule has 0 saturated heterocycles. The van der Waals surface area contributed by atoms with Crippen molar-refractivity contribution in [2.75, 3.05) is 5.88 Å². The molecule has 0 saturated carbocycles. The first kappa shape index (κ1) is 15.8. The van der Waals surface area contributed by atoms with E-state index in [9.17, 15) is 4.79 Å². The number of carbonyl (C=O) groups excluding carboxylic acids is 1. The second-order valence-electron chi connectivity index (χ2n) is 4.34. The van der Waals surface area contributed by atoms with Crippen LogP contribution in [0.2, 0.25) is 0 Å². The van der Waals surface area contributed by atoms with Gasteiger partial charge in [0.1, 0.15) is 0 Å². The predicted molar refractivity (Wildman–Crippen MR) is 70.9 cm³/mol. The molecule has 0 aromatic rings. The SMILES string of the molecule is CCCCC(CCC)NC(=O)CCCCCl. The first-order chi connectivity index (χ1) is 7.74. The van der Waals surface area contributed by atoms with Gasteiger partial charge in [0.2, 0.25) is 5.91 Å². The third-order valence-electron chi connectivity index (χ3n) is 2.70. The molecule has 2 nitrogen and oxygen atoms in total. The number of hydrogen-bond donors (Lipinski definition) is 1. The summed E-state index contributed by atoms with van der Waals surface area (Å²) in [6.45, 7) is 4.35. The van der Waals surface area contributed by atoms with Crippen LogP contribution in [0.15, 0.2) is 0 Å². The molecule has 0 radical (unpaired) electrons. The number of rotatable bonds is 10. The Morgan fingerprint density at radius 3 is 2.44 bits per heavy atom. The molecular formula is C13H26ClNO. The van der Waals surface area contributed by atoms with Gasteiger partial charge in [-0.1, -0.05) is 33.1 Å². The van der Waals surface area contributed by atoms with Crippen LogP contribution < -0.4 is 5.32 Å². The monoisotopic (exact) mass is 247 g/mol. The van der Waals surface area contributed by atoms with Gasteiger partial charge in [0.25, 0.3) is 0 Å². The van der Waals surface area contributed by atoms with Crippen LogP contribution in [0.1, 0.15) is 65.2 Å². The minimum absolute atomic E-state index is 0.194.